The third-order valence-corrected chi connectivity index (χ3v) is 4.21. The summed E-state index contributed by atoms with van der Waals surface area (Å²) < 4.78 is 30.2. The lowest BCUT2D eigenvalue weighted by Gasteiger charge is -2.39. The number of carbonyl (C=O) groups is 1. The number of benzene rings is 2. The zero-order chi connectivity index (χ0) is 20.6. The van der Waals surface area contributed by atoms with E-state index in [0.29, 0.717) is 5.75 Å². The van der Waals surface area contributed by atoms with Crippen molar-refractivity contribution in [3.05, 3.63) is 65.5 Å². The van der Waals surface area contributed by atoms with Gasteiger partial charge in [0.2, 0.25) is 0 Å². The molecule has 3 rings (SSSR count). The summed E-state index contributed by atoms with van der Waals surface area (Å²) in [6.07, 6.45) is -0.619. The van der Waals surface area contributed by atoms with Gasteiger partial charge in [-0.3, -0.25) is 4.79 Å². The molecule has 0 spiro atoms. The molecule has 0 radical (unpaired) electrons. The Morgan fingerprint density at radius 2 is 1.79 bits per heavy atom. The fourth-order valence-electron chi connectivity index (χ4n) is 2.67. The van der Waals surface area contributed by atoms with Gasteiger partial charge in [0.15, 0.2) is 6.29 Å². The van der Waals surface area contributed by atoms with Crippen LogP contribution in [0.5, 0.6) is 5.75 Å². The van der Waals surface area contributed by atoms with Gasteiger partial charge in [-0.2, -0.15) is 0 Å². The fourth-order valence-corrected chi connectivity index (χ4v) is 2.67. The standard InChI is InChI=1S/C19H20FNO5.C2H6/c1-24-14-8-6-13(7-9-14)18-25-11-19(10-22,12-26-18)21-17(23)15-4-2-3-5-16(15)20;1-2/h2-9,18,22H,10-12H2,1H3,(H,21,23);1-2H3. The van der Waals surface area contributed by atoms with E-state index in [1.54, 1.807) is 25.3 Å². The van der Waals surface area contributed by atoms with Crippen LogP contribution in [0, 0.1) is 5.82 Å². The second-order valence-corrected chi connectivity index (χ2v) is 6.10. The topological polar surface area (TPSA) is 77.0 Å². The molecule has 2 aromatic carbocycles. The highest BCUT2D eigenvalue weighted by Gasteiger charge is 2.39. The Morgan fingerprint density at radius 1 is 1.18 bits per heavy atom. The van der Waals surface area contributed by atoms with Crippen LogP contribution in [0.25, 0.3) is 0 Å². The second kappa shape index (κ2) is 10.2. The van der Waals surface area contributed by atoms with E-state index in [9.17, 15) is 14.3 Å². The maximum Gasteiger partial charge on any atom is 0.254 e. The van der Waals surface area contributed by atoms with Gasteiger partial charge in [-0.15, -0.1) is 0 Å². The number of methoxy groups -OCH3 is 1. The fraction of sp³-hybridized carbons (Fsp3) is 0.381. The molecule has 0 aliphatic carbocycles. The Morgan fingerprint density at radius 3 is 2.32 bits per heavy atom. The Labute approximate surface area is 164 Å². The van der Waals surface area contributed by atoms with Crippen LogP contribution >= 0.6 is 0 Å². The van der Waals surface area contributed by atoms with Crippen molar-refractivity contribution in [2.45, 2.75) is 25.7 Å². The van der Waals surface area contributed by atoms with Crippen molar-refractivity contribution in [2.75, 3.05) is 26.9 Å². The summed E-state index contributed by atoms with van der Waals surface area (Å²) in [5.74, 6) is -0.550. The van der Waals surface area contributed by atoms with E-state index >= 15 is 0 Å². The molecule has 1 amide bonds. The number of aliphatic hydroxyl groups is 1. The molecule has 1 saturated heterocycles. The van der Waals surface area contributed by atoms with Gasteiger partial charge in [0.1, 0.15) is 17.1 Å². The molecule has 1 heterocycles. The van der Waals surface area contributed by atoms with Gasteiger partial charge in [0, 0.05) is 5.56 Å². The van der Waals surface area contributed by atoms with Gasteiger partial charge in [-0.05, 0) is 24.3 Å². The summed E-state index contributed by atoms with van der Waals surface area (Å²) in [7, 11) is 1.58. The Kier molecular flexibility index (Phi) is 7.92. The van der Waals surface area contributed by atoms with Crippen molar-refractivity contribution in [2.24, 2.45) is 0 Å². The lowest BCUT2D eigenvalue weighted by molar-refractivity contribution is -0.221. The van der Waals surface area contributed by atoms with Crippen LogP contribution in [0.3, 0.4) is 0 Å². The first kappa shape index (κ1) is 21.8. The predicted molar refractivity (Wildman–Crippen MR) is 103 cm³/mol. The van der Waals surface area contributed by atoms with Gasteiger partial charge in [-0.1, -0.05) is 38.1 Å². The zero-order valence-electron chi connectivity index (χ0n) is 16.3. The van der Waals surface area contributed by atoms with Gasteiger partial charge in [0.25, 0.3) is 5.91 Å². The Bertz CT molecular complexity index is 758. The van der Waals surface area contributed by atoms with E-state index in [1.807, 2.05) is 26.0 Å². The number of rotatable bonds is 5. The van der Waals surface area contributed by atoms with Crippen LogP contribution in [-0.2, 0) is 9.47 Å². The van der Waals surface area contributed by atoms with Gasteiger partial charge in [0.05, 0.1) is 32.5 Å². The van der Waals surface area contributed by atoms with Crippen molar-refractivity contribution < 1.29 is 28.5 Å². The molecule has 6 nitrogen and oxygen atoms in total. The summed E-state index contributed by atoms with van der Waals surface area (Å²) >= 11 is 0. The molecule has 2 N–H and O–H groups in total. The van der Waals surface area contributed by atoms with Crippen LogP contribution in [-0.4, -0.2) is 43.5 Å². The zero-order valence-corrected chi connectivity index (χ0v) is 16.3. The van der Waals surface area contributed by atoms with Crippen molar-refractivity contribution in [3.63, 3.8) is 0 Å². The molecule has 0 bridgehead atoms. The number of aliphatic hydroxyl groups excluding tert-OH is 1. The number of ether oxygens (including phenoxy) is 3. The molecule has 1 aliphatic heterocycles. The highest BCUT2D eigenvalue weighted by molar-refractivity contribution is 5.95. The molecule has 152 valence electrons. The predicted octanol–water partition coefficient (Wildman–Crippen LogP) is 3.07. The van der Waals surface area contributed by atoms with Crippen molar-refractivity contribution in [1.29, 1.82) is 0 Å². The highest BCUT2D eigenvalue weighted by atomic mass is 19.1. The average molecular weight is 391 g/mol. The first-order chi connectivity index (χ1) is 13.6. The van der Waals surface area contributed by atoms with E-state index < -0.39 is 30.2 Å². The molecule has 1 fully saturated rings. The molecule has 28 heavy (non-hydrogen) atoms. The monoisotopic (exact) mass is 391 g/mol. The number of nitrogens with one attached hydrogen (secondary N) is 1. The van der Waals surface area contributed by atoms with Crippen molar-refractivity contribution in [1.82, 2.24) is 5.32 Å². The van der Waals surface area contributed by atoms with Crippen LogP contribution in [0.4, 0.5) is 4.39 Å². The number of carbonyl (C=O) groups excluding carboxylic acids is 1. The van der Waals surface area contributed by atoms with Gasteiger partial charge in [-0.25, -0.2) is 4.39 Å². The molecule has 0 atom stereocenters. The molecule has 7 heteroatoms. The maximum atomic E-state index is 13.8. The van der Waals surface area contributed by atoms with Crippen molar-refractivity contribution in [3.8, 4) is 5.75 Å². The van der Waals surface area contributed by atoms with E-state index in [-0.39, 0.29) is 18.8 Å². The van der Waals surface area contributed by atoms with Crippen LogP contribution in [0.1, 0.15) is 36.1 Å². The first-order valence-electron chi connectivity index (χ1n) is 9.12. The summed E-state index contributed by atoms with van der Waals surface area (Å²) in [5, 5.41) is 12.4. The Hall–Kier alpha value is -2.48. The van der Waals surface area contributed by atoms with E-state index in [1.165, 1.54) is 18.2 Å². The van der Waals surface area contributed by atoms with E-state index in [0.717, 1.165) is 5.56 Å². The SMILES string of the molecule is CC.COc1ccc(C2OCC(CO)(NC(=O)c3ccccc3F)CO2)cc1. The third kappa shape index (κ3) is 5.07. The number of hydrogen-bond acceptors (Lipinski definition) is 5. The largest absolute Gasteiger partial charge is 0.497 e. The normalized spacial score (nSPS) is 21.2. The number of amides is 1. The lowest BCUT2D eigenvalue weighted by atomic mass is 10.0. The minimum Gasteiger partial charge on any atom is -0.497 e. The molecule has 1 aliphatic rings. The molecule has 0 aromatic heterocycles. The smallest absolute Gasteiger partial charge is 0.254 e. The van der Waals surface area contributed by atoms with E-state index in [4.69, 9.17) is 14.2 Å². The van der Waals surface area contributed by atoms with Crippen LogP contribution < -0.4 is 10.1 Å². The van der Waals surface area contributed by atoms with E-state index in [2.05, 4.69) is 5.32 Å². The molecule has 0 saturated carbocycles. The minimum absolute atomic E-state index is 0.0282. The summed E-state index contributed by atoms with van der Waals surface area (Å²) in [5.41, 5.74) is -0.446. The van der Waals surface area contributed by atoms with Crippen LogP contribution in [0.2, 0.25) is 0 Å². The maximum absolute atomic E-state index is 13.8. The molecule has 0 unspecified atom stereocenters. The molecule has 2 aromatic rings. The third-order valence-electron chi connectivity index (χ3n) is 4.21. The quantitative estimate of drug-likeness (QED) is 0.819. The van der Waals surface area contributed by atoms with Gasteiger partial charge < -0.3 is 24.6 Å². The summed E-state index contributed by atoms with van der Waals surface area (Å²) in [4.78, 5) is 12.3. The lowest BCUT2D eigenvalue weighted by Crippen LogP contribution is -2.60. The minimum atomic E-state index is -1.14. The molecular weight excluding hydrogens is 365 g/mol. The Balaban J connectivity index is 0.00000136. The van der Waals surface area contributed by atoms with Crippen molar-refractivity contribution >= 4 is 5.91 Å². The summed E-state index contributed by atoms with van der Waals surface area (Å²) in [6, 6.07) is 12.8. The van der Waals surface area contributed by atoms with Crippen LogP contribution in [0.15, 0.2) is 48.5 Å². The molecular formula is C21H26FNO5. The summed E-state index contributed by atoms with van der Waals surface area (Å²) in [6.45, 7) is 3.66. The highest BCUT2D eigenvalue weighted by Crippen LogP contribution is 2.28. The van der Waals surface area contributed by atoms with Gasteiger partial charge >= 0.3 is 0 Å². The second-order valence-electron chi connectivity index (χ2n) is 6.10. The average Bonchev–Trinajstić information content (AvgIpc) is 2.76. The number of hydrogen-bond donors (Lipinski definition) is 2. The first-order valence-corrected chi connectivity index (χ1v) is 9.12. The number of halogens is 1.